The molecular formula is C23H18N6O. The van der Waals surface area contributed by atoms with E-state index < -0.39 is 0 Å². The van der Waals surface area contributed by atoms with Gasteiger partial charge >= 0.3 is 0 Å². The molecule has 0 saturated carbocycles. The second-order valence-electron chi connectivity index (χ2n) is 6.88. The molecule has 0 aliphatic heterocycles. The Morgan fingerprint density at radius 2 is 1.90 bits per heavy atom. The summed E-state index contributed by atoms with van der Waals surface area (Å²) in [5.74, 6) is 0.425. The van der Waals surface area contributed by atoms with E-state index in [2.05, 4.69) is 20.4 Å². The van der Waals surface area contributed by atoms with Crippen molar-refractivity contribution in [3.8, 4) is 16.9 Å². The summed E-state index contributed by atoms with van der Waals surface area (Å²) in [5, 5.41) is 7.34. The molecule has 1 N–H and O–H groups in total. The Kier molecular flexibility index (Phi) is 4.33. The highest BCUT2D eigenvalue weighted by molar-refractivity contribution is 6.05. The maximum absolute atomic E-state index is 12.9. The zero-order valence-corrected chi connectivity index (χ0v) is 16.2. The average Bonchev–Trinajstić information content (AvgIpc) is 3.38. The van der Waals surface area contributed by atoms with Crippen LogP contribution in [-0.4, -0.2) is 30.1 Å². The van der Waals surface area contributed by atoms with E-state index in [0.29, 0.717) is 17.0 Å². The van der Waals surface area contributed by atoms with Crippen LogP contribution in [0.2, 0.25) is 0 Å². The Balaban J connectivity index is 1.41. The highest BCUT2D eigenvalue weighted by Gasteiger charge is 2.16. The van der Waals surface area contributed by atoms with Crippen molar-refractivity contribution >= 4 is 17.4 Å². The van der Waals surface area contributed by atoms with Crippen molar-refractivity contribution in [3.05, 3.63) is 96.7 Å². The van der Waals surface area contributed by atoms with Gasteiger partial charge in [0.05, 0.1) is 28.8 Å². The fraction of sp³-hybridized carbons (Fsp3) is 0.0435. The molecule has 5 rings (SSSR count). The summed E-state index contributed by atoms with van der Waals surface area (Å²) in [6.07, 6.45) is 7.12. The van der Waals surface area contributed by atoms with Gasteiger partial charge in [-0.2, -0.15) is 5.10 Å². The minimum absolute atomic E-state index is 0.205. The predicted molar refractivity (Wildman–Crippen MR) is 115 cm³/mol. The number of carbonyl (C=O) groups is 1. The molecule has 7 nitrogen and oxygen atoms in total. The van der Waals surface area contributed by atoms with Crippen LogP contribution < -0.4 is 5.32 Å². The number of rotatable bonds is 4. The SMILES string of the molecule is Cc1c(C(=O)Nc2cccc(-c3cn4cccnc4n3)c2)cnn1-c1ccccc1. The molecule has 146 valence electrons. The third-order valence-electron chi connectivity index (χ3n) is 4.91. The number of fused-ring (bicyclic) bond motifs is 1. The fourth-order valence-corrected chi connectivity index (χ4v) is 3.39. The Hall–Kier alpha value is -4.26. The first-order valence-corrected chi connectivity index (χ1v) is 9.50. The first kappa shape index (κ1) is 17.8. The summed E-state index contributed by atoms with van der Waals surface area (Å²) < 4.78 is 3.62. The Morgan fingerprint density at radius 1 is 1.03 bits per heavy atom. The standard InChI is InChI=1S/C23H18N6O/c1-16-20(14-25-29(16)19-9-3-2-4-10-19)22(30)26-18-8-5-7-17(13-18)21-15-28-12-6-11-24-23(28)27-21/h2-15H,1H3,(H,26,30). The zero-order chi connectivity index (χ0) is 20.5. The lowest BCUT2D eigenvalue weighted by Gasteiger charge is -2.07. The van der Waals surface area contributed by atoms with Gasteiger partial charge < -0.3 is 5.32 Å². The van der Waals surface area contributed by atoms with Crippen molar-refractivity contribution in [2.24, 2.45) is 0 Å². The van der Waals surface area contributed by atoms with Crippen molar-refractivity contribution in [1.82, 2.24) is 24.1 Å². The number of nitrogens with zero attached hydrogens (tertiary/aromatic N) is 5. The summed E-state index contributed by atoms with van der Waals surface area (Å²) in [6, 6.07) is 19.2. The van der Waals surface area contributed by atoms with Gasteiger partial charge in [-0.3, -0.25) is 9.20 Å². The molecule has 0 saturated heterocycles. The number of benzene rings is 2. The molecule has 0 unspecified atom stereocenters. The molecule has 3 heterocycles. The van der Waals surface area contributed by atoms with Gasteiger partial charge in [0.15, 0.2) is 0 Å². The van der Waals surface area contributed by atoms with Crippen LogP contribution in [0.25, 0.3) is 22.7 Å². The molecule has 0 spiro atoms. The van der Waals surface area contributed by atoms with E-state index >= 15 is 0 Å². The molecule has 0 bridgehead atoms. The van der Waals surface area contributed by atoms with E-state index in [1.807, 2.05) is 84.4 Å². The van der Waals surface area contributed by atoms with Gasteiger partial charge in [0.2, 0.25) is 5.78 Å². The molecule has 2 aromatic carbocycles. The molecule has 3 aromatic heterocycles. The van der Waals surface area contributed by atoms with Gasteiger partial charge in [0, 0.05) is 29.8 Å². The third kappa shape index (κ3) is 3.22. The smallest absolute Gasteiger partial charge is 0.259 e. The van der Waals surface area contributed by atoms with E-state index in [-0.39, 0.29) is 5.91 Å². The monoisotopic (exact) mass is 394 g/mol. The number of amides is 1. The summed E-state index contributed by atoms with van der Waals surface area (Å²) in [7, 11) is 0. The van der Waals surface area contributed by atoms with Crippen LogP contribution in [0.15, 0.2) is 85.5 Å². The number of hydrogen-bond acceptors (Lipinski definition) is 4. The Bertz CT molecular complexity index is 1320. The molecule has 0 aliphatic rings. The van der Waals surface area contributed by atoms with E-state index in [1.165, 1.54) is 0 Å². The van der Waals surface area contributed by atoms with Crippen molar-refractivity contribution in [2.45, 2.75) is 6.92 Å². The van der Waals surface area contributed by atoms with Crippen LogP contribution in [0.4, 0.5) is 5.69 Å². The maximum atomic E-state index is 12.9. The summed E-state index contributed by atoms with van der Waals surface area (Å²) >= 11 is 0. The van der Waals surface area contributed by atoms with Crippen LogP contribution >= 0.6 is 0 Å². The van der Waals surface area contributed by atoms with Crippen LogP contribution in [0.5, 0.6) is 0 Å². The lowest BCUT2D eigenvalue weighted by molar-refractivity contribution is 0.102. The number of nitrogens with one attached hydrogen (secondary N) is 1. The first-order valence-electron chi connectivity index (χ1n) is 9.50. The van der Waals surface area contributed by atoms with Crippen LogP contribution in [0.1, 0.15) is 16.1 Å². The lowest BCUT2D eigenvalue weighted by Crippen LogP contribution is -2.13. The highest BCUT2D eigenvalue weighted by atomic mass is 16.1. The van der Waals surface area contributed by atoms with Crippen molar-refractivity contribution < 1.29 is 4.79 Å². The molecule has 7 heteroatoms. The number of para-hydroxylation sites is 1. The van der Waals surface area contributed by atoms with E-state index in [9.17, 15) is 4.79 Å². The van der Waals surface area contributed by atoms with E-state index in [1.54, 1.807) is 17.1 Å². The predicted octanol–water partition coefficient (Wildman–Crippen LogP) is 4.14. The summed E-state index contributed by atoms with van der Waals surface area (Å²) in [5.41, 5.74) is 4.60. The highest BCUT2D eigenvalue weighted by Crippen LogP contribution is 2.23. The first-order chi connectivity index (χ1) is 14.7. The van der Waals surface area contributed by atoms with Gasteiger partial charge in [-0.25, -0.2) is 14.6 Å². The average molecular weight is 394 g/mol. The molecular weight excluding hydrogens is 376 g/mol. The number of anilines is 1. The van der Waals surface area contributed by atoms with Crippen LogP contribution in [-0.2, 0) is 0 Å². The minimum Gasteiger partial charge on any atom is -0.322 e. The fourth-order valence-electron chi connectivity index (χ4n) is 3.39. The van der Waals surface area contributed by atoms with Crippen LogP contribution in [0, 0.1) is 6.92 Å². The van der Waals surface area contributed by atoms with Crippen molar-refractivity contribution in [1.29, 1.82) is 0 Å². The van der Waals surface area contributed by atoms with Gasteiger partial charge in [-0.15, -0.1) is 0 Å². The second-order valence-corrected chi connectivity index (χ2v) is 6.88. The quantitative estimate of drug-likeness (QED) is 0.497. The molecule has 0 atom stereocenters. The molecule has 5 aromatic rings. The normalized spacial score (nSPS) is 11.0. The number of hydrogen-bond donors (Lipinski definition) is 1. The number of aromatic nitrogens is 5. The third-order valence-corrected chi connectivity index (χ3v) is 4.91. The molecule has 0 aliphatic carbocycles. The van der Waals surface area contributed by atoms with Gasteiger partial charge in [0.1, 0.15) is 0 Å². The number of imidazole rings is 1. The minimum atomic E-state index is -0.205. The summed E-state index contributed by atoms with van der Waals surface area (Å²) in [4.78, 5) is 21.7. The summed E-state index contributed by atoms with van der Waals surface area (Å²) in [6.45, 7) is 1.88. The molecule has 30 heavy (non-hydrogen) atoms. The lowest BCUT2D eigenvalue weighted by atomic mass is 10.1. The maximum Gasteiger partial charge on any atom is 0.259 e. The molecule has 0 fully saturated rings. The largest absolute Gasteiger partial charge is 0.322 e. The molecule has 1 amide bonds. The van der Waals surface area contributed by atoms with Gasteiger partial charge in [0.25, 0.3) is 5.91 Å². The molecule has 0 radical (unpaired) electrons. The van der Waals surface area contributed by atoms with Gasteiger partial charge in [-0.05, 0) is 37.3 Å². The van der Waals surface area contributed by atoms with Crippen LogP contribution in [0.3, 0.4) is 0 Å². The van der Waals surface area contributed by atoms with E-state index in [0.717, 1.165) is 22.6 Å². The van der Waals surface area contributed by atoms with Crippen molar-refractivity contribution in [2.75, 3.05) is 5.32 Å². The second kappa shape index (κ2) is 7.29. The van der Waals surface area contributed by atoms with Crippen molar-refractivity contribution in [3.63, 3.8) is 0 Å². The Morgan fingerprint density at radius 3 is 2.73 bits per heavy atom. The number of carbonyl (C=O) groups excluding carboxylic acids is 1. The van der Waals surface area contributed by atoms with E-state index in [4.69, 9.17) is 0 Å². The van der Waals surface area contributed by atoms with Gasteiger partial charge in [-0.1, -0.05) is 30.3 Å². The topological polar surface area (TPSA) is 77.1 Å². The zero-order valence-electron chi connectivity index (χ0n) is 16.2. The Labute approximate surface area is 172 Å².